The van der Waals surface area contributed by atoms with Gasteiger partial charge in [0.2, 0.25) is 0 Å². The summed E-state index contributed by atoms with van der Waals surface area (Å²) in [6, 6.07) is 0. The summed E-state index contributed by atoms with van der Waals surface area (Å²) in [5, 5.41) is 17.2. The van der Waals surface area contributed by atoms with Gasteiger partial charge < -0.3 is 11.6 Å². The minimum absolute atomic E-state index is 0. The maximum absolute atomic E-state index is 10.5. The van der Waals surface area contributed by atoms with Gasteiger partial charge in [0.1, 0.15) is 0 Å². The van der Waals surface area contributed by atoms with Gasteiger partial charge in [-0.25, -0.2) is 0 Å². The molecule has 0 aliphatic rings. The number of hydrogen-bond acceptors (Lipinski definition) is 2. The first-order chi connectivity index (χ1) is 5.01. The molecule has 5 heteroatoms. The monoisotopic (exact) mass is 168 g/mol. The van der Waals surface area contributed by atoms with Gasteiger partial charge in [-0.15, -0.1) is 0 Å². The van der Waals surface area contributed by atoms with E-state index in [0.717, 1.165) is 0 Å². The van der Waals surface area contributed by atoms with Crippen molar-refractivity contribution in [3.05, 3.63) is 0 Å². The predicted molar refractivity (Wildman–Crippen MR) is 39.4 cm³/mol. The molecule has 0 aliphatic carbocycles. The van der Waals surface area contributed by atoms with E-state index in [9.17, 15) is 9.59 Å². The Labute approximate surface area is 84.6 Å². The molecular weight excluding hydrogens is 155 g/mol. The molecule has 12 heavy (non-hydrogen) atoms. The normalized spacial score (nSPS) is 10.2. The molecule has 0 aromatic carbocycles. The molecule has 0 saturated heterocycles. The van der Waals surface area contributed by atoms with Gasteiger partial charge in [-0.2, -0.15) is 0 Å². The number of carboxylic acids is 2. The fourth-order valence-corrected chi connectivity index (χ4v) is 0.946. The van der Waals surface area contributed by atoms with Crippen LogP contribution in [0.5, 0.6) is 0 Å². The van der Waals surface area contributed by atoms with Gasteiger partial charge >= 0.3 is 30.8 Å². The fraction of sp³-hybridized carbons (Fsp3) is 0.714. The van der Waals surface area contributed by atoms with Crippen molar-refractivity contribution in [3.8, 4) is 0 Å². The minimum Gasteiger partial charge on any atom is -1.00 e. The van der Waals surface area contributed by atoms with E-state index in [4.69, 9.17) is 10.2 Å². The van der Waals surface area contributed by atoms with Gasteiger partial charge in [-0.1, -0.05) is 13.8 Å². The molecule has 0 unspecified atom stereocenters. The van der Waals surface area contributed by atoms with E-state index in [0.29, 0.717) is 0 Å². The molecule has 0 radical (unpaired) electrons. The van der Waals surface area contributed by atoms with Gasteiger partial charge in [0.05, 0.1) is 0 Å². The molecule has 0 atom stereocenters. The molecule has 0 saturated carbocycles. The molecule has 0 aliphatic heterocycles. The molecule has 0 heterocycles. The van der Waals surface area contributed by atoms with Gasteiger partial charge in [0, 0.05) is 0 Å². The van der Waals surface area contributed by atoms with Crippen LogP contribution in [0.1, 0.15) is 28.1 Å². The summed E-state index contributed by atoms with van der Waals surface area (Å²) in [5.41, 5.74) is -1.58. The van der Waals surface area contributed by atoms with Gasteiger partial charge in [-0.05, 0) is 12.8 Å². The van der Waals surface area contributed by atoms with E-state index in [1.54, 1.807) is 13.8 Å². The van der Waals surface area contributed by atoms with Crippen molar-refractivity contribution in [1.82, 2.24) is 0 Å². The van der Waals surface area contributed by atoms with Crippen LogP contribution in [0.25, 0.3) is 0 Å². The Morgan fingerprint density at radius 2 is 1.42 bits per heavy atom. The van der Waals surface area contributed by atoms with Crippen LogP contribution in [0.3, 0.4) is 0 Å². The van der Waals surface area contributed by atoms with Crippen molar-refractivity contribution < 1.29 is 40.1 Å². The average Bonchev–Trinajstić information content (AvgIpc) is 1.90. The molecule has 0 fully saturated rings. The van der Waals surface area contributed by atoms with Crippen LogP contribution in [-0.2, 0) is 9.59 Å². The third-order valence-corrected chi connectivity index (χ3v) is 2.03. The second-order valence-electron chi connectivity index (χ2n) is 2.40. The molecule has 0 aromatic rings. The van der Waals surface area contributed by atoms with Crippen LogP contribution >= 0.6 is 0 Å². The third kappa shape index (κ3) is 2.26. The van der Waals surface area contributed by atoms with Gasteiger partial charge in [-0.3, -0.25) is 9.59 Å². The Kier molecular flexibility index (Phi) is 6.14. The Morgan fingerprint density at radius 3 is 1.42 bits per heavy atom. The Hall–Kier alpha value is -0.463. The summed E-state index contributed by atoms with van der Waals surface area (Å²) < 4.78 is 0. The molecule has 4 nitrogen and oxygen atoms in total. The van der Waals surface area contributed by atoms with Crippen molar-refractivity contribution in [1.29, 1.82) is 0 Å². The molecular formula is C7H13LiO4. The van der Waals surface area contributed by atoms with Crippen LogP contribution in [0.4, 0.5) is 0 Å². The predicted octanol–water partition coefficient (Wildman–Crippen LogP) is -1.92. The van der Waals surface area contributed by atoms with E-state index in [1.807, 2.05) is 0 Å². The Bertz CT molecular complexity index is 163. The van der Waals surface area contributed by atoms with Gasteiger partial charge in [0.25, 0.3) is 0 Å². The molecule has 0 spiro atoms. The number of hydrogen-bond donors (Lipinski definition) is 2. The van der Waals surface area contributed by atoms with E-state index >= 15 is 0 Å². The van der Waals surface area contributed by atoms with Crippen LogP contribution in [0, 0.1) is 5.41 Å². The Balaban J connectivity index is -0.000000500. The topological polar surface area (TPSA) is 74.6 Å². The Morgan fingerprint density at radius 1 is 1.17 bits per heavy atom. The van der Waals surface area contributed by atoms with Crippen LogP contribution in [0.15, 0.2) is 0 Å². The number of rotatable bonds is 4. The molecule has 0 amide bonds. The zero-order valence-electron chi connectivity index (χ0n) is 8.63. The summed E-state index contributed by atoms with van der Waals surface area (Å²) >= 11 is 0. The quantitative estimate of drug-likeness (QED) is 0.379. The maximum Gasteiger partial charge on any atom is 1.00 e. The summed E-state index contributed by atoms with van der Waals surface area (Å²) in [7, 11) is 0. The number of aliphatic carboxylic acids is 2. The van der Waals surface area contributed by atoms with E-state index in [-0.39, 0.29) is 33.1 Å². The van der Waals surface area contributed by atoms with Crippen molar-refractivity contribution in [2.45, 2.75) is 26.7 Å². The first kappa shape index (κ1) is 14.1. The summed E-state index contributed by atoms with van der Waals surface area (Å²) in [6.45, 7) is 3.12. The molecule has 2 N–H and O–H groups in total. The summed E-state index contributed by atoms with van der Waals surface area (Å²) in [4.78, 5) is 21.1. The van der Waals surface area contributed by atoms with Crippen molar-refractivity contribution in [2.24, 2.45) is 5.41 Å². The average molecular weight is 168 g/mol. The zero-order valence-corrected chi connectivity index (χ0v) is 7.63. The second kappa shape index (κ2) is 5.23. The molecule has 0 aromatic heterocycles. The largest absolute Gasteiger partial charge is 1.00 e. The van der Waals surface area contributed by atoms with E-state index in [1.165, 1.54) is 0 Å². The first-order valence-corrected chi connectivity index (χ1v) is 3.48. The molecule has 0 bridgehead atoms. The van der Waals surface area contributed by atoms with Crippen LogP contribution in [-0.4, -0.2) is 22.2 Å². The SMILES string of the molecule is CCC(CC)(C(=O)O)C(=O)O.[H-].[Li+]. The van der Waals surface area contributed by atoms with Crippen molar-refractivity contribution in [3.63, 3.8) is 0 Å². The number of carboxylic acid groups (broad SMARTS) is 2. The number of carbonyl (C=O) groups is 2. The molecule has 66 valence electrons. The standard InChI is InChI=1S/C7H12O4.Li.H/c1-3-7(4-2,5(8)9)6(10)11;;/h3-4H2,1-2H3,(H,8,9)(H,10,11);;/q;+1;-1. The van der Waals surface area contributed by atoms with E-state index in [2.05, 4.69) is 0 Å². The van der Waals surface area contributed by atoms with Gasteiger partial charge in [0.15, 0.2) is 5.41 Å². The van der Waals surface area contributed by atoms with Crippen LogP contribution < -0.4 is 18.9 Å². The van der Waals surface area contributed by atoms with Crippen molar-refractivity contribution >= 4 is 11.9 Å². The smallest absolute Gasteiger partial charge is 1.00 e. The minimum atomic E-state index is -1.58. The van der Waals surface area contributed by atoms with Crippen LogP contribution in [0.2, 0.25) is 0 Å². The summed E-state index contributed by atoms with van der Waals surface area (Å²) in [5.74, 6) is -2.51. The maximum atomic E-state index is 10.5. The fourth-order valence-electron chi connectivity index (χ4n) is 0.946. The first-order valence-electron chi connectivity index (χ1n) is 3.48. The zero-order chi connectivity index (χ0) is 9.07. The molecule has 0 rings (SSSR count). The second-order valence-corrected chi connectivity index (χ2v) is 2.40. The van der Waals surface area contributed by atoms with E-state index < -0.39 is 17.4 Å². The third-order valence-electron chi connectivity index (χ3n) is 2.03. The van der Waals surface area contributed by atoms with Crippen molar-refractivity contribution in [2.75, 3.05) is 0 Å². The summed E-state index contributed by atoms with van der Waals surface area (Å²) in [6.07, 6.45) is 0.238.